The number of anilines is 2. The van der Waals surface area contributed by atoms with E-state index >= 15 is 0 Å². The number of aromatic amines is 1. The lowest BCUT2D eigenvalue weighted by atomic mass is 10.2. The summed E-state index contributed by atoms with van der Waals surface area (Å²) in [5.74, 6) is 0.199. The molecule has 0 amide bonds. The van der Waals surface area contributed by atoms with Gasteiger partial charge in [-0.05, 0) is 6.42 Å². The molecule has 2 aromatic heterocycles. The van der Waals surface area contributed by atoms with Gasteiger partial charge in [0.2, 0.25) is 5.88 Å². The average molecular weight is 220 g/mol. The highest BCUT2D eigenvalue weighted by Gasteiger charge is 2.31. The summed E-state index contributed by atoms with van der Waals surface area (Å²) in [5.41, 5.74) is 0.638. The molecule has 3 heterocycles. The normalized spacial score (nSPS) is 14.1. The lowest BCUT2D eigenvalue weighted by molar-refractivity contribution is 0.0684. The van der Waals surface area contributed by atoms with Crippen molar-refractivity contribution in [1.29, 1.82) is 0 Å². The van der Waals surface area contributed by atoms with Gasteiger partial charge in [-0.2, -0.15) is 5.10 Å². The van der Waals surface area contributed by atoms with Gasteiger partial charge in [0.05, 0.1) is 11.8 Å². The number of nitrogens with zero attached hydrogens (tertiary/aromatic N) is 3. The molecule has 1 aliphatic rings. The molecule has 7 nitrogen and oxygen atoms in total. The van der Waals surface area contributed by atoms with E-state index in [4.69, 9.17) is 9.63 Å². The van der Waals surface area contributed by atoms with Gasteiger partial charge in [0.25, 0.3) is 0 Å². The Hall–Kier alpha value is -2.31. The Labute approximate surface area is 89.7 Å². The van der Waals surface area contributed by atoms with Crippen molar-refractivity contribution in [3.05, 3.63) is 23.5 Å². The number of hydrogen-bond acceptors (Lipinski definition) is 5. The van der Waals surface area contributed by atoms with Crippen molar-refractivity contribution in [3.8, 4) is 0 Å². The van der Waals surface area contributed by atoms with E-state index in [-0.39, 0.29) is 5.69 Å². The van der Waals surface area contributed by atoms with Crippen molar-refractivity contribution >= 4 is 17.7 Å². The van der Waals surface area contributed by atoms with E-state index < -0.39 is 5.97 Å². The molecule has 0 aromatic carbocycles. The molecule has 0 saturated heterocycles. The number of nitrogens with one attached hydrogen (secondary N) is 1. The standard InChI is InChI=1S/C9H8N4O3/c14-9(15)7-5-2-4-13(8(5)16-12-7)6-1-3-10-11-6/h1,3H,2,4H2,(H,10,11)(H,14,15). The molecule has 0 fully saturated rings. The first-order chi connectivity index (χ1) is 7.77. The SMILES string of the molecule is O=C(O)c1noc2c1CCN2c1ccn[nH]1. The minimum absolute atomic E-state index is 0.00276. The average Bonchev–Trinajstić information content (AvgIpc) is 2.93. The largest absolute Gasteiger partial charge is 0.476 e. The first kappa shape index (κ1) is 8.96. The molecule has 2 N–H and O–H groups in total. The van der Waals surface area contributed by atoms with Crippen LogP contribution in [0.3, 0.4) is 0 Å². The van der Waals surface area contributed by atoms with E-state index in [9.17, 15) is 4.79 Å². The zero-order valence-electron chi connectivity index (χ0n) is 8.17. The van der Waals surface area contributed by atoms with Gasteiger partial charge in [-0.25, -0.2) is 4.79 Å². The lowest BCUT2D eigenvalue weighted by Gasteiger charge is -2.11. The Balaban J connectivity index is 2.04. The Morgan fingerprint density at radius 3 is 3.19 bits per heavy atom. The van der Waals surface area contributed by atoms with Gasteiger partial charge in [0, 0.05) is 12.6 Å². The van der Waals surface area contributed by atoms with E-state index in [1.54, 1.807) is 12.3 Å². The quantitative estimate of drug-likeness (QED) is 0.776. The maximum Gasteiger partial charge on any atom is 0.358 e. The van der Waals surface area contributed by atoms with Crippen molar-refractivity contribution < 1.29 is 14.4 Å². The second kappa shape index (κ2) is 3.09. The van der Waals surface area contributed by atoms with Crippen LogP contribution < -0.4 is 4.90 Å². The molecule has 0 bridgehead atoms. The van der Waals surface area contributed by atoms with Crippen LogP contribution in [-0.4, -0.2) is 33.0 Å². The number of rotatable bonds is 2. The number of carboxylic acid groups (broad SMARTS) is 1. The minimum Gasteiger partial charge on any atom is -0.476 e. The predicted molar refractivity (Wildman–Crippen MR) is 52.8 cm³/mol. The predicted octanol–water partition coefficient (Wildman–Crippen LogP) is 0.790. The van der Waals surface area contributed by atoms with Crippen LogP contribution >= 0.6 is 0 Å². The van der Waals surface area contributed by atoms with E-state index in [0.29, 0.717) is 24.4 Å². The third-order valence-corrected chi connectivity index (χ3v) is 2.58. The van der Waals surface area contributed by atoms with Gasteiger partial charge >= 0.3 is 5.97 Å². The maximum absolute atomic E-state index is 10.9. The molecule has 16 heavy (non-hydrogen) atoms. The molecule has 0 atom stereocenters. The van der Waals surface area contributed by atoms with Crippen LogP contribution in [0.1, 0.15) is 16.1 Å². The van der Waals surface area contributed by atoms with Crippen LogP contribution in [0, 0.1) is 0 Å². The summed E-state index contributed by atoms with van der Waals surface area (Å²) < 4.78 is 5.05. The van der Waals surface area contributed by atoms with Crippen molar-refractivity contribution in [2.45, 2.75) is 6.42 Å². The molecule has 0 aliphatic carbocycles. The number of aromatic carboxylic acids is 1. The summed E-state index contributed by atoms with van der Waals surface area (Å²) in [6.45, 7) is 0.666. The van der Waals surface area contributed by atoms with E-state index in [2.05, 4.69) is 15.4 Å². The summed E-state index contributed by atoms with van der Waals surface area (Å²) in [4.78, 5) is 12.7. The number of carboxylic acids is 1. The molecule has 2 aromatic rings. The highest BCUT2D eigenvalue weighted by atomic mass is 16.5. The molecular formula is C9H8N4O3. The number of aromatic nitrogens is 3. The highest BCUT2D eigenvalue weighted by Crippen LogP contribution is 2.35. The molecule has 0 unspecified atom stereocenters. The van der Waals surface area contributed by atoms with Gasteiger partial charge in [0.15, 0.2) is 5.69 Å². The number of hydrogen-bond donors (Lipinski definition) is 2. The van der Waals surface area contributed by atoms with Crippen LogP contribution in [0.4, 0.5) is 11.7 Å². The van der Waals surface area contributed by atoms with Crippen LogP contribution in [0.5, 0.6) is 0 Å². The number of carbonyl (C=O) groups is 1. The van der Waals surface area contributed by atoms with Gasteiger partial charge in [-0.15, -0.1) is 0 Å². The zero-order valence-corrected chi connectivity index (χ0v) is 8.17. The lowest BCUT2D eigenvalue weighted by Crippen LogP contribution is -2.13. The molecule has 0 saturated carbocycles. The molecule has 0 radical (unpaired) electrons. The second-order valence-electron chi connectivity index (χ2n) is 3.46. The summed E-state index contributed by atoms with van der Waals surface area (Å²) in [6.07, 6.45) is 2.24. The van der Waals surface area contributed by atoms with Crippen LogP contribution in [-0.2, 0) is 6.42 Å². The smallest absolute Gasteiger partial charge is 0.358 e. The fourth-order valence-corrected chi connectivity index (χ4v) is 1.86. The van der Waals surface area contributed by atoms with Gasteiger partial charge in [-0.3, -0.25) is 10.00 Å². The van der Waals surface area contributed by atoms with E-state index in [1.807, 2.05) is 4.90 Å². The van der Waals surface area contributed by atoms with Crippen LogP contribution in [0.25, 0.3) is 0 Å². The van der Waals surface area contributed by atoms with E-state index in [0.717, 1.165) is 5.82 Å². The summed E-state index contributed by atoms with van der Waals surface area (Å²) in [6, 6.07) is 1.79. The summed E-state index contributed by atoms with van der Waals surface area (Å²) >= 11 is 0. The summed E-state index contributed by atoms with van der Waals surface area (Å²) in [7, 11) is 0. The Morgan fingerprint density at radius 2 is 2.50 bits per heavy atom. The van der Waals surface area contributed by atoms with Crippen molar-refractivity contribution in [2.75, 3.05) is 11.4 Å². The Morgan fingerprint density at radius 1 is 1.62 bits per heavy atom. The Bertz CT molecular complexity index is 531. The van der Waals surface area contributed by atoms with Crippen molar-refractivity contribution in [2.24, 2.45) is 0 Å². The molecule has 7 heteroatoms. The Kier molecular flexibility index (Phi) is 1.73. The monoisotopic (exact) mass is 220 g/mol. The summed E-state index contributed by atoms with van der Waals surface area (Å²) in [5, 5.41) is 19.1. The van der Waals surface area contributed by atoms with E-state index in [1.165, 1.54) is 0 Å². The van der Waals surface area contributed by atoms with Crippen molar-refractivity contribution in [3.63, 3.8) is 0 Å². The van der Waals surface area contributed by atoms with Gasteiger partial charge in [-0.1, -0.05) is 5.16 Å². The third kappa shape index (κ3) is 1.11. The topological polar surface area (TPSA) is 95.2 Å². The molecular weight excluding hydrogens is 212 g/mol. The van der Waals surface area contributed by atoms with Gasteiger partial charge < -0.3 is 9.63 Å². The molecule has 1 aliphatic heterocycles. The van der Waals surface area contributed by atoms with Gasteiger partial charge in [0.1, 0.15) is 5.82 Å². The molecule has 0 spiro atoms. The number of fused-ring (bicyclic) bond motifs is 1. The maximum atomic E-state index is 10.9. The second-order valence-corrected chi connectivity index (χ2v) is 3.46. The molecule has 82 valence electrons. The fourth-order valence-electron chi connectivity index (χ4n) is 1.86. The number of H-pyrrole nitrogens is 1. The third-order valence-electron chi connectivity index (χ3n) is 2.58. The first-order valence-electron chi connectivity index (χ1n) is 4.76. The highest BCUT2D eigenvalue weighted by molar-refractivity contribution is 5.89. The molecule has 3 rings (SSSR count). The zero-order chi connectivity index (χ0) is 11.1. The first-order valence-corrected chi connectivity index (χ1v) is 4.76. The van der Waals surface area contributed by atoms with Crippen LogP contribution in [0.15, 0.2) is 16.8 Å². The fraction of sp³-hybridized carbons (Fsp3) is 0.222. The van der Waals surface area contributed by atoms with Crippen molar-refractivity contribution in [1.82, 2.24) is 15.4 Å². The van der Waals surface area contributed by atoms with Crippen LogP contribution in [0.2, 0.25) is 0 Å². The minimum atomic E-state index is -1.06.